The molecule has 4 aromatic rings. The fraction of sp³-hybridized carbons (Fsp3) is 0.371. The number of hydrogen-bond donors (Lipinski definition) is 1. The number of nitrogens with one attached hydrogen (secondary N) is 1. The Bertz CT molecular complexity index is 1470. The molecule has 0 atom stereocenters. The highest BCUT2D eigenvalue weighted by molar-refractivity contribution is 7.09. The summed E-state index contributed by atoms with van der Waals surface area (Å²) in [6.07, 6.45) is 2.72. The van der Waals surface area contributed by atoms with Crippen molar-refractivity contribution in [2.24, 2.45) is 0 Å². The van der Waals surface area contributed by atoms with E-state index in [1.54, 1.807) is 32.7 Å². The van der Waals surface area contributed by atoms with Crippen LogP contribution in [-0.4, -0.2) is 67.7 Å². The van der Waals surface area contributed by atoms with Gasteiger partial charge in [0, 0.05) is 44.1 Å². The average Bonchev–Trinajstić information content (AvgIpc) is 3.54. The van der Waals surface area contributed by atoms with Gasteiger partial charge in [-0.3, -0.25) is 14.6 Å². The lowest BCUT2D eigenvalue weighted by molar-refractivity contribution is 0.0904. The van der Waals surface area contributed by atoms with Gasteiger partial charge < -0.3 is 19.5 Å². The van der Waals surface area contributed by atoms with E-state index >= 15 is 0 Å². The van der Waals surface area contributed by atoms with Gasteiger partial charge in [-0.15, -0.1) is 11.3 Å². The second-order valence-electron chi connectivity index (χ2n) is 11.1. The normalized spacial score (nSPS) is 14.0. The molecular weight excluding hydrogens is 572 g/mol. The summed E-state index contributed by atoms with van der Waals surface area (Å²) in [5.74, 6) is 2.20. The molecule has 0 unspecified atom stereocenters. The van der Waals surface area contributed by atoms with Crippen molar-refractivity contribution < 1.29 is 19.0 Å². The van der Waals surface area contributed by atoms with Crippen LogP contribution in [0.4, 0.5) is 0 Å². The van der Waals surface area contributed by atoms with E-state index in [1.807, 2.05) is 35.7 Å². The van der Waals surface area contributed by atoms with E-state index in [-0.39, 0.29) is 11.9 Å². The van der Waals surface area contributed by atoms with Crippen LogP contribution in [0.15, 0.2) is 78.2 Å². The van der Waals surface area contributed by atoms with Crippen LogP contribution in [0.2, 0.25) is 0 Å². The van der Waals surface area contributed by atoms with Gasteiger partial charge in [-0.05, 0) is 60.2 Å². The van der Waals surface area contributed by atoms with E-state index in [1.165, 1.54) is 11.1 Å². The zero-order chi connectivity index (χ0) is 30.7. The number of piperidine rings is 1. The van der Waals surface area contributed by atoms with Gasteiger partial charge in [-0.1, -0.05) is 48.5 Å². The van der Waals surface area contributed by atoms with Gasteiger partial charge in [-0.2, -0.15) is 0 Å². The fourth-order valence-electron chi connectivity index (χ4n) is 5.54. The first-order valence-corrected chi connectivity index (χ1v) is 16.0. The Kier molecular flexibility index (Phi) is 11.2. The molecule has 1 amide bonds. The first-order chi connectivity index (χ1) is 21.5. The third-order valence-electron chi connectivity index (χ3n) is 8.04. The van der Waals surface area contributed by atoms with E-state index in [0.29, 0.717) is 12.2 Å². The maximum absolute atomic E-state index is 13.1. The van der Waals surface area contributed by atoms with Crippen LogP contribution in [0.5, 0.6) is 17.2 Å². The molecule has 232 valence electrons. The van der Waals surface area contributed by atoms with Gasteiger partial charge in [0.2, 0.25) is 0 Å². The van der Waals surface area contributed by atoms with Gasteiger partial charge >= 0.3 is 0 Å². The smallest absolute Gasteiger partial charge is 0.270 e. The van der Waals surface area contributed by atoms with Gasteiger partial charge in [0.05, 0.1) is 27.9 Å². The van der Waals surface area contributed by atoms with Crippen LogP contribution < -0.4 is 19.5 Å². The van der Waals surface area contributed by atoms with Crippen molar-refractivity contribution in [1.82, 2.24) is 20.1 Å². The zero-order valence-electron chi connectivity index (χ0n) is 25.8. The van der Waals surface area contributed by atoms with Crippen molar-refractivity contribution in [3.8, 4) is 17.2 Å². The molecule has 1 aromatic heterocycles. The lowest BCUT2D eigenvalue weighted by atomic mass is 10.0. The molecule has 3 aromatic carbocycles. The number of methoxy groups -OCH3 is 3. The molecule has 0 radical (unpaired) electrons. The standard InChI is InChI=1S/C35H42N4O4S/c1-41-30-12-9-28(10-13-30)23-39(18-15-26-11-14-32(42-2)33(21-26)43-3)24-34-37-31(25-44-34)35(40)36-29-16-19-38(20-17-29)22-27-7-5-4-6-8-27/h4-14,21,25,29H,15-20,22-24H2,1-3H3,(H,36,40). The highest BCUT2D eigenvalue weighted by Crippen LogP contribution is 2.28. The van der Waals surface area contributed by atoms with Crippen molar-refractivity contribution in [3.05, 3.63) is 106 Å². The highest BCUT2D eigenvalue weighted by Gasteiger charge is 2.22. The summed E-state index contributed by atoms with van der Waals surface area (Å²) >= 11 is 1.54. The van der Waals surface area contributed by atoms with E-state index in [9.17, 15) is 4.79 Å². The number of benzene rings is 3. The Morgan fingerprint density at radius 2 is 1.61 bits per heavy atom. The van der Waals surface area contributed by atoms with Crippen molar-refractivity contribution in [2.75, 3.05) is 41.0 Å². The molecule has 0 bridgehead atoms. The maximum Gasteiger partial charge on any atom is 0.270 e. The lowest BCUT2D eigenvalue weighted by Crippen LogP contribution is -2.44. The molecule has 1 aliphatic heterocycles. The Hall–Kier alpha value is -3.92. The highest BCUT2D eigenvalue weighted by atomic mass is 32.1. The minimum Gasteiger partial charge on any atom is -0.497 e. The first-order valence-electron chi connectivity index (χ1n) is 15.1. The number of nitrogens with zero attached hydrogens (tertiary/aromatic N) is 3. The molecule has 5 rings (SSSR count). The second-order valence-corrected chi connectivity index (χ2v) is 12.1. The number of thiazole rings is 1. The van der Waals surface area contributed by atoms with Crippen molar-refractivity contribution in [2.45, 2.75) is 44.9 Å². The summed E-state index contributed by atoms with van der Waals surface area (Å²) in [6, 6.07) is 24.9. The number of carbonyl (C=O) groups excluding carboxylic acids is 1. The average molecular weight is 615 g/mol. The van der Waals surface area contributed by atoms with Crippen LogP contribution in [0, 0.1) is 0 Å². The fourth-order valence-corrected chi connectivity index (χ4v) is 6.36. The molecule has 44 heavy (non-hydrogen) atoms. The largest absolute Gasteiger partial charge is 0.497 e. The Morgan fingerprint density at radius 1 is 0.886 bits per heavy atom. The Balaban J connectivity index is 1.18. The van der Waals surface area contributed by atoms with Gasteiger partial charge in [0.15, 0.2) is 11.5 Å². The van der Waals surface area contributed by atoms with Crippen molar-refractivity contribution >= 4 is 17.2 Å². The van der Waals surface area contributed by atoms with Crippen molar-refractivity contribution in [1.29, 1.82) is 0 Å². The zero-order valence-corrected chi connectivity index (χ0v) is 26.6. The topological polar surface area (TPSA) is 76.2 Å². The van der Waals surface area contributed by atoms with Crippen LogP contribution >= 0.6 is 11.3 Å². The van der Waals surface area contributed by atoms with E-state index in [0.717, 1.165) is 79.8 Å². The molecule has 0 aliphatic carbocycles. The van der Waals surface area contributed by atoms with Gasteiger partial charge in [0.1, 0.15) is 16.5 Å². The van der Waals surface area contributed by atoms with Crippen molar-refractivity contribution in [3.63, 3.8) is 0 Å². The number of likely N-dealkylation sites (tertiary alicyclic amines) is 1. The maximum atomic E-state index is 13.1. The summed E-state index contributed by atoms with van der Waals surface area (Å²) in [5.41, 5.74) is 4.18. The molecule has 1 saturated heterocycles. The molecular formula is C35H42N4O4S. The molecule has 1 fully saturated rings. The quantitative estimate of drug-likeness (QED) is 0.192. The molecule has 9 heteroatoms. The Morgan fingerprint density at radius 3 is 2.32 bits per heavy atom. The predicted octanol–water partition coefficient (Wildman–Crippen LogP) is 5.81. The molecule has 1 aliphatic rings. The van der Waals surface area contributed by atoms with Gasteiger partial charge in [-0.25, -0.2) is 4.98 Å². The Labute approximate surface area is 264 Å². The van der Waals surface area contributed by atoms with E-state index in [4.69, 9.17) is 19.2 Å². The number of ether oxygens (including phenoxy) is 3. The third-order valence-corrected chi connectivity index (χ3v) is 8.88. The third kappa shape index (κ3) is 8.81. The van der Waals surface area contributed by atoms with Gasteiger partial charge in [0.25, 0.3) is 5.91 Å². The minimum atomic E-state index is -0.0824. The van der Waals surface area contributed by atoms with Crippen LogP contribution in [0.25, 0.3) is 0 Å². The summed E-state index contributed by atoms with van der Waals surface area (Å²) in [4.78, 5) is 22.7. The number of rotatable bonds is 14. The lowest BCUT2D eigenvalue weighted by Gasteiger charge is -2.32. The summed E-state index contributed by atoms with van der Waals surface area (Å²) < 4.78 is 16.2. The second kappa shape index (κ2) is 15.7. The number of carbonyl (C=O) groups is 1. The van der Waals surface area contributed by atoms with Crippen LogP contribution in [0.3, 0.4) is 0 Å². The van der Waals surface area contributed by atoms with E-state index in [2.05, 4.69) is 57.6 Å². The van der Waals surface area contributed by atoms with Crippen LogP contribution in [-0.2, 0) is 26.1 Å². The first kappa shape index (κ1) is 31.5. The molecule has 0 saturated carbocycles. The number of hydrogen-bond acceptors (Lipinski definition) is 8. The molecule has 0 spiro atoms. The monoisotopic (exact) mass is 614 g/mol. The minimum absolute atomic E-state index is 0.0824. The molecule has 1 N–H and O–H groups in total. The number of amides is 1. The summed E-state index contributed by atoms with van der Waals surface area (Å²) in [6.45, 7) is 5.11. The van der Waals surface area contributed by atoms with E-state index < -0.39 is 0 Å². The summed E-state index contributed by atoms with van der Waals surface area (Å²) in [7, 11) is 4.98. The summed E-state index contributed by atoms with van der Waals surface area (Å²) in [5, 5.41) is 6.04. The number of aromatic nitrogens is 1. The molecule has 8 nitrogen and oxygen atoms in total. The predicted molar refractivity (Wildman–Crippen MR) is 175 cm³/mol. The van der Waals surface area contributed by atoms with Crippen LogP contribution in [0.1, 0.15) is 45.0 Å². The molecule has 2 heterocycles. The SMILES string of the molecule is COc1ccc(CN(CCc2ccc(OC)c(OC)c2)Cc2nc(C(=O)NC3CCN(Cc4ccccc4)CC3)cs2)cc1.